The highest BCUT2D eigenvalue weighted by Gasteiger charge is 2.25. The number of ether oxygens (including phenoxy) is 1. The van der Waals surface area contributed by atoms with E-state index in [1.54, 1.807) is 11.0 Å². The third-order valence-corrected chi connectivity index (χ3v) is 5.50. The average Bonchev–Trinajstić information content (AvgIpc) is 3.27. The van der Waals surface area contributed by atoms with Crippen LogP contribution in [-0.2, 0) is 4.74 Å². The van der Waals surface area contributed by atoms with Crippen molar-refractivity contribution in [3.05, 3.63) is 28.9 Å². The number of carbonyl (C=O) groups is 1. The van der Waals surface area contributed by atoms with E-state index in [0.717, 1.165) is 15.9 Å². The first-order valence-corrected chi connectivity index (χ1v) is 9.56. The molecule has 10 heteroatoms. The molecule has 9 nitrogen and oxygen atoms in total. The van der Waals surface area contributed by atoms with E-state index in [-0.39, 0.29) is 11.8 Å². The first-order valence-electron chi connectivity index (χ1n) is 8.75. The number of nitrogen functional groups attached to an aromatic ring is 1. The van der Waals surface area contributed by atoms with Gasteiger partial charge in [0.2, 0.25) is 5.27 Å². The summed E-state index contributed by atoms with van der Waals surface area (Å²) in [4.78, 5) is 20.0. The van der Waals surface area contributed by atoms with Crippen LogP contribution < -0.4 is 20.9 Å². The average molecular weight is 389 g/mol. The Morgan fingerprint density at radius 3 is 2.89 bits per heavy atom. The molecule has 1 amide bonds. The van der Waals surface area contributed by atoms with Crippen molar-refractivity contribution in [2.24, 2.45) is 0 Å². The molecule has 1 aliphatic heterocycles. The van der Waals surface area contributed by atoms with E-state index in [4.69, 9.17) is 15.0 Å². The van der Waals surface area contributed by atoms with Crippen LogP contribution in [0.4, 0.5) is 11.6 Å². The molecule has 1 aliphatic rings. The van der Waals surface area contributed by atoms with Gasteiger partial charge in [-0.15, -0.1) is 16.3 Å². The predicted octanol–water partition coefficient (Wildman–Crippen LogP) is 1.50. The molecular formula is C17H21N6O3S+. The lowest BCUT2D eigenvalue weighted by Crippen LogP contribution is -2.62. The Hall–Kier alpha value is -2.72. The maximum Gasteiger partial charge on any atom is 0.306 e. The van der Waals surface area contributed by atoms with Crippen molar-refractivity contribution in [1.29, 1.82) is 0 Å². The van der Waals surface area contributed by atoms with E-state index >= 15 is 0 Å². The number of morpholine rings is 1. The molecular weight excluding hydrogens is 368 g/mol. The number of fused-ring (bicyclic) bond motifs is 1. The number of nitrogens with one attached hydrogen (secondary N) is 1. The maximum absolute atomic E-state index is 12.7. The monoisotopic (exact) mass is 389 g/mol. The number of amides is 1. The lowest BCUT2D eigenvalue weighted by molar-refractivity contribution is -0.759. The standard InChI is InChI=1S/C17H20N6O3S/c1-10(2)12-4-3-11-14(18)15(27-17(11)19-12)16(24)20-13-9-23(21-26-13)22-5-7-25-8-6-22/h3-4,9-10H,5-8H2,1-2H3,(H2-,18,20,21,24)/p+1. The summed E-state index contributed by atoms with van der Waals surface area (Å²) in [5.74, 6) is 0.214. The fourth-order valence-electron chi connectivity index (χ4n) is 2.86. The van der Waals surface area contributed by atoms with E-state index in [1.165, 1.54) is 11.3 Å². The number of nitrogens with two attached hydrogens (primary N) is 1. The summed E-state index contributed by atoms with van der Waals surface area (Å²) in [5.41, 5.74) is 7.57. The number of rotatable bonds is 4. The number of hydrogen-bond acceptors (Lipinski definition) is 8. The van der Waals surface area contributed by atoms with Crippen molar-refractivity contribution < 1.29 is 18.8 Å². The van der Waals surface area contributed by atoms with Crippen LogP contribution in [0.3, 0.4) is 0 Å². The smallest absolute Gasteiger partial charge is 0.306 e. The van der Waals surface area contributed by atoms with Crippen LogP contribution in [0.25, 0.3) is 10.2 Å². The summed E-state index contributed by atoms with van der Waals surface area (Å²) >= 11 is 1.27. The van der Waals surface area contributed by atoms with E-state index in [0.29, 0.717) is 42.8 Å². The zero-order chi connectivity index (χ0) is 19.0. The number of hydrogen-bond donors (Lipinski definition) is 2. The van der Waals surface area contributed by atoms with Crippen molar-refractivity contribution in [1.82, 2.24) is 10.3 Å². The Balaban J connectivity index is 1.54. The second-order valence-electron chi connectivity index (χ2n) is 6.60. The second-order valence-corrected chi connectivity index (χ2v) is 7.59. The molecule has 0 bridgehead atoms. The zero-order valence-corrected chi connectivity index (χ0v) is 16.0. The molecule has 4 heterocycles. The Kier molecular flexibility index (Phi) is 4.66. The topological polar surface area (TPSA) is 110 Å². The van der Waals surface area contributed by atoms with Crippen molar-refractivity contribution in [3.63, 3.8) is 0 Å². The van der Waals surface area contributed by atoms with Gasteiger partial charge in [0.25, 0.3) is 12.1 Å². The summed E-state index contributed by atoms with van der Waals surface area (Å²) < 4.78 is 10.5. The number of pyridine rings is 1. The van der Waals surface area contributed by atoms with Gasteiger partial charge >= 0.3 is 5.88 Å². The number of thiophene rings is 1. The van der Waals surface area contributed by atoms with Gasteiger partial charge in [0.1, 0.15) is 9.71 Å². The molecule has 3 aromatic heterocycles. The van der Waals surface area contributed by atoms with Gasteiger partial charge in [-0.25, -0.2) is 4.98 Å². The summed E-state index contributed by atoms with van der Waals surface area (Å²) in [6.07, 6.45) is 1.63. The van der Waals surface area contributed by atoms with Crippen LogP contribution >= 0.6 is 11.3 Å². The van der Waals surface area contributed by atoms with E-state index in [1.807, 2.05) is 17.1 Å². The molecule has 0 aromatic carbocycles. The molecule has 0 saturated carbocycles. The molecule has 0 aliphatic carbocycles. The van der Waals surface area contributed by atoms with Gasteiger partial charge in [0.05, 0.1) is 36.8 Å². The molecule has 3 N–H and O–H groups in total. The first-order chi connectivity index (χ1) is 13.0. The van der Waals surface area contributed by atoms with Crippen molar-refractivity contribution >= 4 is 39.0 Å². The van der Waals surface area contributed by atoms with Crippen LogP contribution in [0.15, 0.2) is 22.9 Å². The highest BCUT2D eigenvalue weighted by atomic mass is 32.1. The Bertz CT molecular complexity index is 976. The Labute approximate surface area is 159 Å². The summed E-state index contributed by atoms with van der Waals surface area (Å²) in [7, 11) is 0. The molecule has 3 aromatic rings. The lowest BCUT2D eigenvalue weighted by atomic mass is 10.1. The van der Waals surface area contributed by atoms with Gasteiger partial charge in [-0.05, 0) is 18.1 Å². The van der Waals surface area contributed by atoms with Gasteiger partial charge in [0, 0.05) is 11.1 Å². The summed E-state index contributed by atoms with van der Waals surface area (Å²) in [6.45, 7) is 6.82. The molecule has 0 unspecified atom stereocenters. The molecule has 27 heavy (non-hydrogen) atoms. The summed E-state index contributed by atoms with van der Waals surface area (Å²) in [5, 5.41) is 9.41. The third kappa shape index (κ3) is 3.45. The number of nitrogens with zero attached hydrogens (tertiary/aromatic N) is 4. The van der Waals surface area contributed by atoms with Crippen LogP contribution in [0.2, 0.25) is 0 Å². The van der Waals surface area contributed by atoms with Gasteiger partial charge < -0.3 is 10.5 Å². The highest BCUT2D eigenvalue weighted by molar-refractivity contribution is 7.21. The molecule has 4 rings (SSSR count). The quantitative estimate of drug-likeness (QED) is 0.651. The minimum atomic E-state index is -0.341. The van der Waals surface area contributed by atoms with Crippen molar-refractivity contribution in [2.45, 2.75) is 19.8 Å². The number of carbonyl (C=O) groups excluding carboxylic acids is 1. The Morgan fingerprint density at radius 2 is 2.15 bits per heavy atom. The van der Waals surface area contributed by atoms with Gasteiger partial charge in [-0.3, -0.25) is 14.6 Å². The molecule has 0 atom stereocenters. The highest BCUT2D eigenvalue weighted by Crippen LogP contribution is 2.33. The molecule has 1 saturated heterocycles. The SMILES string of the molecule is CC(C)c1ccc2c(N)c(C(=O)Nc3c[n+](N4CCOCC4)no3)sc2n1. The van der Waals surface area contributed by atoms with Crippen LogP contribution in [0.1, 0.15) is 35.1 Å². The summed E-state index contributed by atoms with van der Waals surface area (Å²) in [6, 6.07) is 3.86. The van der Waals surface area contributed by atoms with E-state index in [2.05, 4.69) is 29.4 Å². The van der Waals surface area contributed by atoms with E-state index < -0.39 is 0 Å². The van der Waals surface area contributed by atoms with Gasteiger partial charge in [-0.2, -0.15) is 0 Å². The van der Waals surface area contributed by atoms with Crippen molar-refractivity contribution in [3.8, 4) is 0 Å². The molecule has 1 fully saturated rings. The minimum Gasteiger partial charge on any atom is -0.397 e. The van der Waals surface area contributed by atoms with Crippen LogP contribution in [0.5, 0.6) is 0 Å². The van der Waals surface area contributed by atoms with Gasteiger partial charge in [-0.1, -0.05) is 13.8 Å². The van der Waals surface area contributed by atoms with Crippen molar-refractivity contribution in [2.75, 3.05) is 42.4 Å². The second kappa shape index (κ2) is 7.12. The Morgan fingerprint density at radius 1 is 1.37 bits per heavy atom. The molecule has 0 radical (unpaired) electrons. The number of anilines is 2. The van der Waals surface area contributed by atoms with E-state index in [9.17, 15) is 4.79 Å². The normalized spacial score (nSPS) is 14.9. The lowest BCUT2D eigenvalue weighted by Gasteiger charge is -2.18. The fraction of sp³-hybridized carbons (Fsp3) is 0.412. The largest absolute Gasteiger partial charge is 0.397 e. The van der Waals surface area contributed by atoms with Crippen LogP contribution in [-0.4, -0.2) is 42.5 Å². The van der Waals surface area contributed by atoms with Crippen LogP contribution in [0, 0.1) is 0 Å². The molecule has 0 spiro atoms. The number of aromatic nitrogens is 3. The third-order valence-electron chi connectivity index (χ3n) is 4.38. The first kappa shape index (κ1) is 17.7. The molecule has 142 valence electrons. The minimum absolute atomic E-state index is 0.249. The predicted molar refractivity (Wildman–Crippen MR) is 102 cm³/mol. The fourth-order valence-corrected chi connectivity index (χ4v) is 3.85. The van der Waals surface area contributed by atoms with Gasteiger partial charge in [0.15, 0.2) is 0 Å². The maximum atomic E-state index is 12.7. The zero-order valence-electron chi connectivity index (χ0n) is 15.1.